The fourth-order valence-electron chi connectivity index (χ4n) is 3.02. The average molecular weight is 269 g/mol. The Kier molecular flexibility index (Phi) is 2.94. The number of fused-ring (bicyclic) bond motifs is 1. The van der Waals surface area contributed by atoms with Crippen molar-refractivity contribution in [1.82, 2.24) is 9.55 Å². The van der Waals surface area contributed by atoms with Crippen LogP contribution in [-0.4, -0.2) is 29.8 Å². The molecular formula is C12H19N3O2S. The highest BCUT2D eigenvalue weighted by atomic mass is 32.2. The standard InChI is InChI=1S/C12H19N3O2S/c13-9-4-5-15-10(7-9)8-14-12(15)11-3-1-2-6-18(11,16)17/h8-9,11H,1-7,13H2. The summed E-state index contributed by atoms with van der Waals surface area (Å²) in [5, 5.41) is -0.394. The van der Waals surface area contributed by atoms with E-state index in [0.29, 0.717) is 12.2 Å². The lowest BCUT2D eigenvalue weighted by molar-refractivity contribution is 0.450. The maximum atomic E-state index is 12.2. The predicted octanol–water partition coefficient (Wildman–Crippen LogP) is 0.796. The number of sulfone groups is 1. The molecule has 3 heterocycles. The highest BCUT2D eigenvalue weighted by molar-refractivity contribution is 7.91. The van der Waals surface area contributed by atoms with E-state index in [-0.39, 0.29) is 6.04 Å². The second kappa shape index (κ2) is 4.35. The van der Waals surface area contributed by atoms with Crippen molar-refractivity contribution in [3.63, 3.8) is 0 Å². The number of nitrogens with zero attached hydrogens (tertiary/aromatic N) is 2. The van der Waals surface area contributed by atoms with E-state index in [1.807, 2.05) is 0 Å². The summed E-state index contributed by atoms with van der Waals surface area (Å²) in [4.78, 5) is 4.38. The van der Waals surface area contributed by atoms with Crippen LogP contribution in [0.15, 0.2) is 6.20 Å². The van der Waals surface area contributed by atoms with Crippen LogP contribution in [0.5, 0.6) is 0 Å². The number of rotatable bonds is 1. The Hall–Kier alpha value is -0.880. The van der Waals surface area contributed by atoms with Gasteiger partial charge < -0.3 is 10.3 Å². The van der Waals surface area contributed by atoms with Gasteiger partial charge in [0.1, 0.15) is 11.1 Å². The minimum Gasteiger partial charge on any atom is -0.331 e. The minimum atomic E-state index is -3.01. The van der Waals surface area contributed by atoms with Gasteiger partial charge >= 0.3 is 0 Å². The molecule has 6 heteroatoms. The molecule has 100 valence electrons. The van der Waals surface area contributed by atoms with Crippen molar-refractivity contribution < 1.29 is 8.42 Å². The second-order valence-corrected chi connectivity index (χ2v) is 7.67. The first kappa shape index (κ1) is 12.2. The van der Waals surface area contributed by atoms with Crippen LogP contribution in [0.2, 0.25) is 0 Å². The molecule has 2 aliphatic rings. The molecule has 2 atom stereocenters. The molecule has 5 nitrogen and oxygen atoms in total. The van der Waals surface area contributed by atoms with Crippen molar-refractivity contribution in [1.29, 1.82) is 0 Å². The van der Waals surface area contributed by atoms with E-state index in [1.54, 1.807) is 6.20 Å². The molecule has 1 saturated heterocycles. The summed E-state index contributed by atoms with van der Waals surface area (Å²) in [5.74, 6) is 1.05. The van der Waals surface area contributed by atoms with Crippen LogP contribution in [0.3, 0.4) is 0 Å². The van der Waals surface area contributed by atoms with Gasteiger partial charge in [0, 0.05) is 30.9 Å². The van der Waals surface area contributed by atoms with Crippen LogP contribution in [0, 0.1) is 0 Å². The van der Waals surface area contributed by atoms with E-state index in [4.69, 9.17) is 5.73 Å². The van der Waals surface area contributed by atoms with Gasteiger partial charge in [0.2, 0.25) is 0 Å². The van der Waals surface area contributed by atoms with E-state index in [2.05, 4.69) is 9.55 Å². The minimum absolute atomic E-state index is 0.185. The number of nitrogens with two attached hydrogens (primary N) is 1. The van der Waals surface area contributed by atoms with Crippen LogP contribution in [0.1, 0.15) is 42.5 Å². The molecule has 1 fully saturated rings. The highest BCUT2D eigenvalue weighted by Crippen LogP contribution is 2.34. The molecule has 0 amide bonds. The van der Waals surface area contributed by atoms with E-state index in [1.165, 1.54) is 0 Å². The van der Waals surface area contributed by atoms with Crippen LogP contribution >= 0.6 is 0 Å². The van der Waals surface area contributed by atoms with Crippen LogP contribution < -0.4 is 5.73 Å². The third-order valence-corrected chi connectivity index (χ3v) is 6.20. The first-order chi connectivity index (χ1) is 8.58. The Morgan fingerprint density at radius 1 is 1.33 bits per heavy atom. The van der Waals surface area contributed by atoms with Gasteiger partial charge in [-0.15, -0.1) is 0 Å². The molecule has 0 bridgehead atoms. The van der Waals surface area contributed by atoms with E-state index in [9.17, 15) is 8.42 Å². The summed E-state index contributed by atoms with van der Waals surface area (Å²) in [5.41, 5.74) is 7.02. The van der Waals surface area contributed by atoms with Gasteiger partial charge in [0.25, 0.3) is 0 Å². The van der Waals surface area contributed by atoms with Crippen molar-refractivity contribution in [2.45, 2.75) is 49.9 Å². The first-order valence-corrected chi connectivity index (χ1v) is 8.31. The van der Waals surface area contributed by atoms with Gasteiger partial charge in [0.15, 0.2) is 9.84 Å². The van der Waals surface area contributed by atoms with Gasteiger partial charge in [-0.2, -0.15) is 0 Å². The fraction of sp³-hybridized carbons (Fsp3) is 0.750. The molecule has 0 spiro atoms. The Labute approximate surface area is 107 Å². The zero-order chi connectivity index (χ0) is 12.8. The first-order valence-electron chi connectivity index (χ1n) is 6.59. The summed E-state index contributed by atoms with van der Waals surface area (Å²) < 4.78 is 26.4. The molecule has 18 heavy (non-hydrogen) atoms. The van der Waals surface area contributed by atoms with Crippen molar-refractivity contribution in [3.05, 3.63) is 17.7 Å². The molecule has 1 aromatic rings. The molecule has 0 saturated carbocycles. The van der Waals surface area contributed by atoms with Crippen LogP contribution in [-0.2, 0) is 22.8 Å². The highest BCUT2D eigenvalue weighted by Gasteiger charge is 2.34. The second-order valence-electron chi connectivity index (χ2n) is 5.36. The predicted molar refractivity (Wildman–Crippen MR) is 68.9 cm³/mol. The van der Waals surface area contributed by atoms with Gasteiger partial charge in [-0.25, -0.2) is 13.4 Å². The Balaban J connectivity index is 1.98. The molecule has 2 unspecified atom stereocenters. The van der Waals surface area contributed by atoms with Gasteiger partial charge in [-0.3, -0.25) is 0 Å². The zero-order valence-corrected chi connectivity index (χ0v) is 11.2. The third kappa shape index (κ3) is 1.97. The molecule has 1 aromatic heterocycles. The number of aromatic nitrogens is 2. The largest absolute Gasteiger partial charge is 0.331 e. The number of hydrogen-bond acceptors (Lipinski definition) is 4. The molecule has 2 aliphatic heterocycles. The molecule has 0 aliphatic carbocycles. The summed E-state index contributed by atoms with van der Waals surface area (Å²) >= 11 is 0. The Morgan fingerprint density at radius 2 is 2.17 bits per heavy atom. The SMILES string of the molecule is NC1CCn2c(cnc2C2CCCCS2(=O)=O)C1. The summed E-state index contributed by atoms with van der Waals surface area (Å²) in [6.45, 7) is 0.803. The zero-order valence-electron chi connectivity index (χ0n) is 10.4. The molecule has 0 radical (unpaired) electrons. The quantitative estimate of drug-likeness (QED) is 0.818. The van der Waals surface area contributed by atoms with Crippen molar-refractivity contribution in [2.24, 2.45) is 5.73 Å². The maximum Gasteiger partial charge on any atom is 0.160 e. The van der Waals surface area contributed by atoms with Crippen molar-refractivity contribution >= 4 is 9.84 Å². The average Bonchev–Trinajstić information content (AvgIpc) is 2.71. The van der Waals surface area contributed by atoms with Crippen LogP contribution in [0.25, 0.3) is 0 Å². The summed E-state index contributed by atoms with van der Waals surface area (Å²) in [6, 6.07) is 0.185. The number of hydrogen-bond donors (Lipinski definition) is 1. The third-order valence-electron chi connectivity index (χ3n) is 4.03. The van der Waals surface area contributed by atoms with E-state index >= 15 is 0 Å². The van der Waals surface area contributed by atoms with Gasteiger partial charge in [-0.05, 0) is 19.3 Å². The topological polar surface area (TPSA) is 78.0 Å². The lowest BCUT2D eigenvalue weighted by Gasteiger charge is -2.26. The van der Waals surface area contributed by atoms with Crippen molar-refractivity contribution in [2.75, 3.05) is 5.75 Å². The summed E-state index contributed by atoms with van der Waals surface area (Å²) in [6.07, 6.45) is 6.00. The Morgan fingerprint density at radius 3 is 2.94 bits per heavy atom. The molecule has 2 N–H and O–H groups in total. The van der Waals surface area contributed by atoms with Crippen molar-refractivity contribution in [3.8, 4) is 0 Å². The molecule has 3 rings (SSSR count). The lowest BCUT2D eigenvalue weighted by atomic mass is 10.1. The molecule has 0 aromatic carbocycles. The van der Waals surface area contributed by atoms with Gasteiger partial charge in [-0.1, -0.05) is 6.42 Å². The van der Waals surface area contributed by atoms with E-state index < -0.39 is 15.1 Å². The summed E-state index contributed by atoms with van der Waals surface area (Å²) in [7, 11) is -3.01. The maximum absolute atomic E-state index is 12.2. The van der Waals surface area contributed by atoms with Crippen LogP contribution in [0.4, 0.5) is 0 Å². The Bertz CT molecular complexity index is 550. The molecular weight excluding hydrogens is 250 g/mol. The smallest absolute Gasteiger partial charge is 0.160 e. The van der Waals surface area contributed by atoms with E-state index in [0.717, 1.165) is 43.7 Å². The number of imidazole rings is 1. The van der Waals surface area contributed by atoms with Gasteiger partial charge in [0.05, 0.1) is 5.75 Å². The normalized spacial score (nSPS) is 30.9. The lowest BCUT2D eigenvalue weighted by Crippen LogP contribution is -2.32. The fourth-order valence-corrected chi connectivity index (χ4v) is 4.94. The monoisotopic (exact) mass is 269 g/mol.